The van der Waals surface area contributed by atoms with E-state index >= 15 is 0 Å². The standard InChI is InChI=1S/C8H13N5.2C2H6/c1-11-7-4-2-6(3-5-7)8(12-9)13-10;2*1-2/h2-5,11H,9-10H2,1H3,(H,12,13);2*1-2H3. The van der Waals surface area contributed by atoms with Gasteiger partial charge in [-0.05, 0) is 24.3 Å². The number of rotatable bonds is 2. The van der Waals surface area contributed by atoms with Crippen molar-refractivity contribution in [2.24, 2.45) is 16.8 Å². The number of nitrogens with zero attached hydrogens (tertiary/aromatic N) is 1. The molecule has 1 aromatic carbocycles. The van der Waals surface area contributed by atoms with Crippen LogP contribution >= 0.6 is 0 Å². The Hall–Kier alpha value is -1.75. The fraction of sp³-hybridized carbons (Fsp3) is 0.417. The molecule has 17 heavy (non-hydrogen) atoms. The van der Waals surface area contributed by atoms with E-state index in [2.05, 4.69) is 15.8 Å². The average molecular weight is 239 g/mol. The quantitative estimate of drug-likeness (QED) is 0.274. The zero-order valence-corrected chi connectivity index (χ0v) is 11.4. The van der Waals surface area contributed by atoms with Gasteiger partial charge in [-0.25, -0.2) is 5.84 Å². The Morgan fingerprint density at radius 2 is 1.53 bits per heavy atom. The Morgan fingerprint density at radius 3 is 1.82 bits per heavy atom. The molecule has 5 nitrogen and oxygen atoms in total. The molecule has 0 spiro atoms. The number of amidine groups is 1. The molecule has 0 unspecified atom stereocenters. The van der Waals surface area contributed by atoms with Crippen LogP contribution < -0.4 is 22.4 Å². The molecule has 1 rings (SSSR count). The lowest BCUT2D eigenvalue weighted by Gasteiger charge is -2.04. The minimum absolute atomic E-state index is 0.461. The molecule has 0 aromatic heterocycles. The Kier molecular flexibility index (Phi) is 12.8. The van der Waals surface area contributed by atoms with E-state index in [1.807, 2.05) is 59.0 Å². The van der Waals surface area contributed by atoms with Gasteiger partial charge in [0.25, 0.3) is 0 Å². The highest BCUT2D eigenvalue weighted by molar-refractivity contribution is 5.98. The van der Waals surface area contributed by atoms with Crippen LogP contribution in [-0.4, -0.2) is 12.9 Å². The minimum atomic E-state index is 0.461. The van der Waals surface area contributed by atoms with Crippen molar-refractivity contribution in [2.75, 3.05) is 12.4 Å². The molecular formula is C12H25N5. The molecule has 0 saturated carbocycles. The molecule has 6 N–H and O–H groups in total. The van der Waals surface area contributed by atoms with Gasteiger partial charge in [-0.1, -0.05) is 27.7 Å². The first-order chi connectivity index (χ1) is 8.31. The van der Waals surface area contributed by atoms with E-state index in [1.54, 1.807) is 0 Å². The van der Waals surface area contributed by atoms with Gasteiger partial charge in [-0.2, -0.15) is 5.10 Å². The van der Waals surface area contributed by atoms with Crippen LogP contribution in [-0.2, 0) is 0 Å². The molecule has 0 amide bonds. The summed E-state index contributed by atoms with van der Waals surface area (Å²) in [5.41, 5.74) is 4.29. The zero-order valence-electron chi connectivity index (χ0n) is 11.4. The summed E-state index contributed by atoms with van der Waals surface area (Å²) in [4.78, 5) is 0. The maximum atomic E-state index is 5.21. The van der Waals surface area contributed by atoms with E-state index in [0.717, 1.165) is 11.3 Å². The molecule has 98 valence electrons. The fourth-order valence-electron chi connectivity index (χ4n) is 0.990. The number of anilines is 1. The zero-order chi connectivity index (χ0) is 13.7. The lowest BCUT2D eigenvalue weighted by molar-refractivity contribution is 1.00. The van der Waals surface area contributed by atoms with E-state index in [1.165, 1.54) is 0 Å². The topological polar surface area (TPSA) is 88.5 Å². The SMILES string of the molecule is CC.CC.CNc1ccc(/C(=N/N)NN)cc1. The van der Waals surface area contributed by atoms with Gasteiger partial charge >= 0.3 is 0 Å². The molecule has 1 aromatic rings. The first-order valence-corrected chi connectivity index (χ1v) is 5.84. The molecule has 0 heterocycles. The summed E-state index contributed by atoms with van der Waals surface area (Å²) >= 11 is 0. The molecule has 0 aliphatic rings. The minimum Gasteiger partial charge on any atom is -0.388 e. The predicted molar refractivity (Wildman–Crippen MR) is 76.7 cm³/mol. The van der Waals surface area contributed by atoms with Crippen molar-refractivity contribution < 1.29 is 0 Å². The van der Waals surface area contributed by atoms with Gasteiger partial charge in [0.2, 0.25) is 0 Å². The van der Waals surface area contributed by atoms with Crippen LogP contribution in [0.5, 0.6) is 0 Å². The van der Waals surface area contributed by atoms with Crippen LogP contribution in [0.25, 0.3) is 0 Å². The third kappa shape index (κ3) is 6.42. The van der Waals surface area contributed by atoms with Gasteiger partial charge in [0.05, 0.1) is 0 Å². The normalized spacial score (nSPS) is 9.18. The monoisotopic (exact) mass is 239 g/mol. The number of hydrogen-bond acceptors (Lipinski definition) is 4. The lowest BCUT2D eigenvalue weighted by Crippen LogP contribution is -2.31. The molecule has 0 fully saturated rings. The summed E-state index contributed by atoms with van der Waals surface area (Å²) in [6, 6.07) is 7.57. The number of hydrazine groups is 1. The smallest absolute Gasteiger partial charge is 0.166 e. The highest BCUT2D eigenvalue weighted by atomic mass is 15.3. The van der Waals surface area contributed by atoms with Crippen molar-refractivity contribution in [3.8, 4) is 0 Å². The maximum absolute atomic E-state index is 5.21. The van der Waals surface area contributed by atoms with Gasteiger partial charge < -0.3 is 16.6 Å². The van der Waals surface area contributed by atoms with E-state index < -0.39 is 0 Å². The fourth-order valence-corrected chi connectivity index (χ4v) is 0.990. The molecule has 0 saturated heterocycles. The molecule has 5 heteroatoms. The van der Waals surface area contributed by atoms with Gasteiger partial charge in [0.15, 0.2) is 5.84 Å². The van der Waals surface area contributed by atoms with Crippen LogP contribution in [0.2, 0.25) is 0 Å². The van der Waals surface area contributed by atoms with Crippen LogP contribution in [0.15, 0.2) is 29.4 Å². The molecule has 0 aliphatic carbocycles. The summed E-state index contributed by atoms with van der Waals surface area (Å²) in [5.74, 6) is 10.8. The van der Waals surface area contributed by atoms with Gasteiger partial charge in [-0.3, -0.25) is 0 Å². The largest absolute Gasteiger partial charge is 0.388 e. The third-order valence-electron chi connectivity index (χ3n) is 1.71. The van der Waals surface area contributed by atoms with Crippen LogP contribution in [0.4, 0.5) is 5.69 Å². The van der Waals surface area contributed by atoms with Crippen LogP contribution in [0, 0.1) is 0 Å². The van der Waals surface area contributed by atoms with Crippen molar-refractivity contribution in [1.82, 2.24) is 5.43 Å². The maximum Gasteiger partial charge on any atom is 0.166 e. The van der Waals surface area contributed by atoms with E-state index in [9.17, 15) is 0 Å². The second kappa shape index (κ2) is 12.3. The Morgan fingerprint density at radius 1 is 1.06 bits per heavy atom. The van der Waals surface area contributed by atoms with Crippen molar-refractivity contribution in [3.05, 3.63) is 29.8 Å². The van der Waals surface area contributed by atoms with Crippen molar-refractivity contribution in [1.29, 1.82) is 0 Å². The van der Waals surface area contributed by atoms with Crippen molar-refractivity contribution in [3.63, 3.8) is 0 Å². The Labute approximate surface area is 104 Å². The Balaban J connectivity index is 0. The first kappa shape index (κ1) is 17.6. The number of hydrogen-bond donors (Lipinski definition) is 4. The number of nitrogens with two attached hydrogens (primary N) is 2. The molecule has 0 bridgehead atoms. The third-order valence-corrected chi connectivity index (χ3v) is 1.71. The average Bonchev–Trinajstić information content (AvgIpc) is 2.45. The van der Waals surface area contributed by atoms with E-state index in [-0.39, 0.29) is 0 Å². The van der Waals surface area contributed by atoms with Crippen LogP contribution in [0.1, 0.15) is 33.3 Å². The summed E-state index contributed by atoms with van der Waals surface area (Å²) < 4.78 is 0. The highest BCUT2D eigenvalue weighted by Crippen LogP contribution is 2.08. The molecule has 0 atom stereocenters. The van der Waals surface area contributed by atoms with Gasteiger partial charge in [0.1, 0.15) is 0 Å². The summed E-state index contributed by atoms with van der Waals surface area (Å²) in [5, 5.41) is 6.50. The summed E-state index contributed by atoms with van der Waals surface area (Å²) in [7, 11) is 1.86. The number of nitrogens with one attached hydrogen (secondary N) is 2. The first-order valence-electron chi connectivity index (χ1n) is 5.84. The van der Waals surface area contributed by atoms with Gasteiger partial charge in [-0.15, -0.1) is 0 Å². The molecule has 0 aliphatic heterocycles. The molecule has 0 radical (unpaired) electrons. The number of hydrazone groups is 1. The van der Waals surface area contributed by atoms with Crippen LogP contribution in [0.3, 0.4) is 0 Å². The van der Waals surface area contributed by atoms with Crippen molar-refractivity contribution in [2.45, 2.75) is 27.7 Å². The second-order valence-electron chi connectivity index (χ2n) is 2.45. The van der Waals surface area contributed by atoms with Gasteiger partial charge in [0, 0.05) is 18.3 Å². The highest BCUT2D eigenvalue weighted by Gasteiger charge is 1.99. The summed E-state index contributed by atoms with van der Waals surface area (Å²) in [6.45, 7) is 8.00. The predicted octanol–water partition coefficient (Wildman–Crippen LogP) is 1.86. The second-order valence-corrected chi connectivity index (χ2v) is 2.45. The molecular weight excluding hydrogens is 214 g/mol. The van der Waals surface area contributed by atoms with E-state index in [0.29, 0.717) is 5.84 Å². The Bertz CT molecular complexity index is 292. The van der Waals surface area contributed by atoms with E-state index in [4.69, 9.17) is 11.7 Å². The summed E-state index contributed by atoms with van der Waals surface area (Å²) in [6.07, 6.45) is 0. The lowest BCUT2D eigenvalue weighted by atomic mass is 10.2. The number of benzene rings is 1. The van der Waals surface area contributed by atoms with Crippen molar-refractivity contribution >= 4 is 11.5 Å².